The summed E-state index contributed by atoms with van der Waals surface area (Å²) in [5.41, 5.74) is 0.904. The van der Waals surface area contributed by atoms with Crippen LogP contribution in [0.15, 0.2) is 71.9 Å². The van der Waals surface area contributed by atoms with E-state index in [-0.39, 0.29) is 31.7 Å². The molecule has 0 amide bonds. The first-order chi connectivity index (χ1) is 17.5. The molecule has 0 bridgehead atoms. The highest BCUT2D eigenvalue weighted by Gasteiger charge is 2.37. The molecule has 36 heavy (non-hydrogen) atoms. The predicted octanol–water partition coefficient (Wildman–Crippen LogP) is 6.89. The molecule has 3 aliphatic carbocycles. The summed E-state index contributed by atoms with van der Waals surface area (Å²) >= 11 is 0. The van der Waals surface area contributed by atoms with Gasteiger partial charge in [-0.3, -0.25) is 0 Å². The molecule has 4 rings (SSSR count). The Hall–Kier alpha value is -2.90. The number of halogens is 4. The Morgan fingerprint density at radius 2 is 1.22 bits per heavy atom. The van der Waals surface area contributed by atoms with Crippen LogP contribution in [-0.4, -0.2) is 33.0 Å². The van der Waals surface area contributed by atoms with Crippen LogP contribution in [0.1, 0.15) is 31.2 Å². The number of hydrogen-bond donors (Lipinski definition) is 0. The highest BCUT2D eigenvalue weighted by Crippen LogP contribution is 2.47. The number of benzene rings is 1. The molecule has 1 aromatic rings. The van der Waals surface area contributed by atoms with Crippen molar-refractivity contribution in [1.29, 1.82) is 0 Å². The van der Waals surface area contributed by atoms with Gasteiger partial charge in [-0.25, -0.2) is 8.78 Å². The van der Waals surface area contributed by atoms with E-state index in [0.717, 1.165) is 18.4 Å². The van der Waals surface area contributed by atoms with Gasteiger partial charge in [-0.1, -0.05) is 74.1 Å². The van der Waals surface area contributed by atoms with Crippen molar-refractivity contribution in [3.63, 3.8) is 0 Å². The summed E-state index contributed by atoms with van der Waals surface area (Å²) in [4.78, 5) is 0. The van der Waals surface area contributed by atoms with Crippen molar-refractivity contribution in [3.05, 3.63) is 101 Å². The third-order valence-electron chi connectivity index (χ3n) is 6.41. The van der Waals surface area contributed by atoms with Crippen molar-refractivity contribution in [2.24, 2.45) is 11.8 Å². The Bertz CT molecular complexity index is 1080. The van der Waals surface area contributed by atoms with Gasteiger partial charge in [-0.15, -0.1) is 0 Å². The van der Waals surface area contributed by atoms with Crippen LogP contribution in [0.4, 0.5) is 17.6 Å². The van der Waals surface area contributed by atoms with Gasteiger partial charge in [0.05, 0.1) is 19.8 Å². The molecule has 0 heterocycles. The number of ether oxygens (including phenoxy) is 3. The Morgan fingerprint density at radius 3 is 1.83 bits per heavy atom. The van der Waals surface area contributed by atoms with Crippen LogP contribution in [0.5, 0.6) is 5.75 Å². The second-order valence-corrected chi connectivity index (χ2v) is 8.76. The first kappa shape index (κ1) is 26.2. The summed E-state index contributed by atoms with van der Waals surface area (Å²) < 4.78 is 76.1. The molecular formula is C29H30F4O3. The van der Waals surface area contributed by atoms with Gasteiger partial charge >= 0.3 is 0 Å². The summed E-state index contributed by atoms with van der Waals surface area (Å²) in [5, 5.41) is 0. The van der Waals surface area contributed by atoms with E-state index in [9.17, 15) is 8.78 Å². The summed E-state index contributed by atoms with van der Waals surface area (Å²) in [6.07, 6.45) is 20.6. The van der Waals surface area contributed by atoms with E-state index in [1.165, 1.54) is 0 Å². The lowest BCUT2D eigenvalue weighted by Gasteiger charge is -2.23. The molecule has 0 aliphatic heterocycles. The quantitative estimate of drug-likeness (QED) is 0.167. The predicted molar refractivity (Wildman–Crippen MR) is 131 cm³/mol. The molecule has 0 saturated heterocycles. The highest BCUT2D eigenvalue weighted by molar-refractivity contribution is 5.55. The Labute approximate surface area is 209 Å². The fourth-order valence-electron chi connectivity index (χ4n) is 4.61. The van der Waals surface area contributed by atoms with Crippen LogP contribution in [0, 0.1) is 35.1 Å². The second-order valence-electron chi connectivity index (χ2n) is 8.76. The third kappa shape index (κ3) is 5.57. The van der Waals surface area contributed by atoms with E-state index in [4.69, 9.17) is 14.2 Å². The van der Waals surface area contributed by atoms with E-state index >= 15 is 8.78 Å². The fourth-order valence-corrected chi connectivity index (χ4v) is 4.61. The summed E-state index contributed by atoms with van der Waals surface area (Å²) in [6, 6.07) is 0. The van der Waals surface area contributed by atoms with Gasteiger partial charge in [-0.2, -0.15) is 8.78 Å². The van der Waals surface area contributed by atoms with Gasteiger partial charge in [0.15, 0.2) is 17.4 Å². The number of allylic oxidation sites excluding steroid dienone is 12. The standard InChI is InChI=1S/C29H30F4O3/c1-2-3-14-34-15-16-35-17-18-36-29-27(32)25(30)24(26(31)28(29)33)22-13-12-21(19-8-4-5-9-19)23(22)20-10-6-7-11-20/h4-13,19-20,22H,2-3,14-18H2,1H3. The molecule has 1 atom stereocenters. The van der Waals surface area contributed by atoms with E-state index < -0.39 is 40.5 Å². The van der Waals surface area contributed by atoms with Crippen molar-refractivity contribution in [2.75, 3.05) is 33.0 Å². The van der Waals surface area contributed by atoms with Crippen molar-refractivity contribution in [1.82, 2.24) is 0 Å². The molecular weight excluding hydrogens is 472 g/mol. The molecule has 0 N–H and O–H groups in total. The van der Waals surface area contributed by atoms with Gasteiger partial charge in [0.2, 0.25) is 11.6 Å². The molecule has 0 saturated carbocycles. The van der Waals surface area contributed by atoms with Crippen LogP contribution in [-0.2, 0) is 9.47 Å². The lowest BCUT2D eigenvalue weighted by molar-refractivity contribution is 0.0344. The third-order valence-corrected chi connectivity index (χ3v) is 6.41. The molecule has 3 nitrogen and oxygen atoms in total. The molecule has 0 radical (unpaired) electrons. The zero-order chi connectivity index (χ0) is 25.5. The fraction of sp³-hybridized carbons (Fsp3) is 0.379. The van der Waals surface area contributed by atoms with E-state index in [1.807, 2.05) is 48.6 Å². The lowest BCUT2D eigenvalue weighted by Crippen LogP contribution is -2.16. The van der Waals surface area contributed by atoms with Crippen molar-refractivity contribution < 1.29 is 31.8 Å². The Balaban J connectivity index is 1.50. The summed E-state index contributed by atoms with van der Waals surface area (Å²) in [7, 11) is 0. The first-order valence-corrected chi connectivity index (χ1v) is 12.3. The van der Waals surface area contributed by atoms with E-state index in [0.29, 0.717) is 18.8 Å². The Kier molecular flexibility index (Phi) is 8.99. The van der Waals surface area contributed by atoms with Gasteiger partial charge < -0.3 is 14.2 Å². The second kappa shape index (κ2) is 12.4. The summed E-state index contributed by atoms with van der Waals surface area (Å²) in [5.74, 6) is -8.33. The van der Waals surface area contributed by atoms with Gasteiger partial charge in [0.25, 0.3) is 0 Å². The molecule has 7 heteroatoms. The van der Waals surface area contributed by atoms with Crippen molar-refractivity contribution >= 4 is 0 Å². The molecule has 192 valence electrons. The average molecular weight is 503 g/mol. The molecule has 0 aromatic heterocycles. The minimum Gasteiger partial charge on any atom is -0.485 e. The van der Waals surface area contributed by atoms with Gasteiger partial charge in [-0.05, 0) is 17.6 Å². The van der Waals surface area contributed by atoms with Crippen molar-refractivity contribution in [3.8, 4) is 5.75 Å². The monoisotopic (exact) mass is 502 g/mol. The average Bonchev–Trinajstić information content (AvgIpc) is 3.65. The van der Waals surface area contributed by atoms with Gasteiger partial charge in [0.1, 0.15) is 6.61 Å². The number of unbranched alkanes of at least 4 members (excludes halogenated alkanes) is 1. The largest absolute Gasteiger partial charge is 0.485 e. The van der Waals surface area contributed by atoms with E-state index in [2.05, 4.69) is 6.92 Å². The van der Waals surface area contributed by atoms with E-state index in [1.54, 1.807) is 12.2 Å². The topological polar surface area (TPSA) is 27.7 Å². The smallest absolute Gasteiger partial charge is 0.204 e. The lowest BCUT2D eigenvalue weighted by atomic mass is 9.81. The maximum absolute atomic E-state index is 15.3. The minimum atomic E-state index is -1.55. The molecule has 0 fully saturated rings. The molecule has 1 aromatic carbocycles. The number of rotatable bonds is 13. The highest BCUT2D eigenvalue weighted by atomic mass is 19.2. The zero-order valence-corrected chi connectivity index (χ0v) is 20.2. The number of hydrogen-bond acceptors (Lipinski definition) is 3. The minimum absolute atomic E-state index is 0.00854. The molecule has 3 aliphatic rings. The van der Waals surface area contributed by atoms with Crippen LogP contribution in [0.2, 0.25) is 0 Å². The Morgan fingerprint density at radius 1 is 0.667 bits per heavy atom. The van der Waals surface area contributed by atoms with Gasteiger partial charge in [0, 0.05) is 29.9 Å². The maximum Gasteiger partial charge on any atom is 0.204 e. The molecule has 0 spiro atoms. The summed E-state index contributed by atoms with van der Waals surface area (Å²) in [6.45, 7) is 3.07. The van der Waals surface area contributed by atoms with Crippen molar-refractivity contribution in [2.45, 2.75) is 25.7 Å². The maximum atomic E-state index is 15.3. The van der Waals surface area contributed by atoms with Crippen LogP contribution in [0.25, 0.3) is 0 Å². The molecule has 1 unspecified atom stereocenters. The van der Waals surface area contributed by atoms with Crippen LogP contribution in [0.3, 0.4) is 0 Å². The van der Waals surface area contributed by atoms with Crippen LogP contribution >= 0.6 is 0 Å². The van der Waals surface area contributed by atoms with Crippen LogP contribution < -0.4 is 4.74 Å². The normalized spacial score (nSPS) is 19.1. The first-order valence-electron chi connectivity index (χ1n) is 12.3. The SMILES string of the molecule is CCCCOCCOCCOc1c(F)c(F)c(C2C=CC(C3C=CC=C3)=C2C2C=CC=C2)c(F)c1F. The zero-order valence-electron chi connectivity index (χ0n) is 20.2.